The molecule has 0 N–H and O–H groups in total. The summed E-state index contributed by atoms with van der Waals surface area (Å²) < 4.78 is 21.5. The standard InChI is InChI=1S/C23H29NO5/c1-23(2)14-24(13-16-11-20(28-5)21(29-6)12-17(16)23)22(25)10-15-7-8-18(26-3)19(9-15)27-4/h7-9,11-12H,10,13-14H2,1-6H3. The Hall–Kier alpha value is -2.89. The van der Waals surface area contributed by atoms with Gasteiger partial charge < -0.3 is 23.8 Å². The van der Waals surface area contributed by atoms with E-state index in [9.17, 15) is 4.79 Å². The molecule has 0 aromatic heterocycles. The Labute approximate surface area is 172 Å². The smallest absolute Gasteiger partial charge is 0.227 e. The van der Waals surface area contributed by atoms with Crippen LogP contribution in [0.15, 0.2) is 30.3 Å². The molecule has 0 saturated carbocycles. The highest BCUT2D eigenvalue weighted by Gasteiger charge is 2.35. The van der Waals surface area contributed by atoms with E-state index < -0.39 is 0 Å². The van der Waals surface area contributed by atoms with Crippen LogP contribution in [0.2, 0.25) is 0 Å². The lowest BCUT2D eigenvalue weighted by molar-refractivity contribution is -0.132. The zero-order chi connectivity index (χ0) is 21.2. The van der Waals surface area contributed by atoms with Crippen LogP contribution in [0.4, 0.5) is 0 Å². The second-order valence-corrected chi connectivity index (χ2v) is 7.86. The first-order valence-corrected chi connectivity index (χ1v) is 9.57. The Morgan fingerprint density at radius 3 is 2.10 bits per heavy atom. The molecular formula is C23H29NO5. The van der Waals surface area contributed by atoms with Crippen molar-refractivity contribution in [3.05, 3.63) is 47.0 Å². The molecule has 0 spiro atoms. The average molecular weight is 399 g/mol. The number of methoxy groups -OCH3 is 4. The molecule has 0 atom stereocenters. The molecule has 1 aliphatic rings. The monoisotopic (exact) mass is 399 g/mol. The van der Waals surface area contributed by atoms with Crippen molar-refractivity contribution >= 4 is 5.91 Å². The lowest BCUT2D eigenvalue weighted by atomic mass is 9.78. The van der Waals surface area contributed by atoms with Gasteiger partial charge in [-0.2, -0.15) is 0 Å². The fourth-order valence-electron chi connectivity index (χ4n) is 3.96. The van der Waals surface area contributed by atoms with E-state index in [1.54, 1.807) is 28.4 Å². The van der Waals surface area contributed by atoms with Crippen molar-refractivity contribution in [1.29, 1.82) is 0 Å². The minimum Gasteiger partial charge on any atom is -0.493 e. The highest BCUT2D eigenvalue weighted by molar-refractivity contribution is 5.79. The van der Waals surface area contributed by atoms with Gasteiger partial charge in [0.05, 0.1) is 34.9 Å². The summed E-state index contributed by atoms with van der Waals surface area (Å²) in [4.78, 5) is 15.0. The Morgan fingerprint density at radius 1 is 0.897 bits per heavy atom. The summed E-state index contributed by atoms with van der Waals surface area (Å²) in [6, 6.07) is 9.59. The van der Waals surface area contributed by atoms with Gasteiger partial charge in [0.2, 0.25) is 5.91 Å². The number of benzene rings is 2. The number of rotatable bonds is 6. The number of ether oxygens (including phenoxy) is 4. The first-order chi connectivity index (χ1) is 13.8. The summed E-state index contributed by atoms with van der Waals surface area (Å²) in [7, 11) is 6.45. The molecule has 0 aliphatic carbocycles. The van der Waals surface area contributed by atoms with Crippen LogP contribution in [0.5, 0.6) is 23.0 Å². The SMILES string of the molecule is COc1ccc(CC(=O)N2Cc3cc(OC)c(OC)cc3C(C)(C)C2)cc1OC. The third kappa shape index (κ3) is 4.11. The van der Waals surface area contributed by atoms with Crippen LogP contribution < -0.4 is 18.9 Å². The number of amides is 1. The number of carbonyl (C=O) groups is 1. The number of fused-ring (bicyclic) bond motifs is 1. The Bertz CT molecular complexity index is 906. The van der Waals surface area contributed by atoms with Gasteiger partial charge in [0.25, 0.3) is 0 Å². The van der Waals surface area contributed by atoms with Crippen LogP contribution in [-0.2, 0) is 23.2 Å². The van der Waals surface area contributed by atoms with E-state index in [-0.39, 0.29) is 11.3 Å². The van der Waals surface area contributed by atoms with Gasteiger partial charge in [0.15, 0.2) is 23.0 Å². The summed E-state index contributed by atoms with van der Waals surface area (Å²) in [6.45, 7) is 5.48. The minimum atomic E-state index is -0.194. The minimum absolute atomic E-state index is 0.0747. The number of nitrogens with zero attached hydrogens (tertiary/aromatic N) is 1. The molecule has 0 unspecified atom stereocenters. The van der Waals surface area contributed by atoms with E-state index >= 15 is 0 Å². The van der Waals surface area contributed by atoms with Crippen LogP contribution in [-0.4, -0.2) is 45.8 Å². The maximum Gasteiger partial charge on any atom is 0.227 e. The first-order valence-electron chi connectivity index (χ1n) is 9.57. The third-order valence-electron chi connectivity index (χ3n) is 5.44. The second-order valence-electron chi connectivity index (χ2n) is 7.86. The van der Waals surface area contributed by atoms with Crippen molar-refractivity contribution in [2.45, 2.75) is 32.2 Å². The van der Waals surface area contributed by atoms with Crippen LogP contribution in [0, 0.1) is 0 Å². The van der Waals surface area contributed by atoms with Gasteiger partial charge >= 0.3 is 0 Å². The molecule has 0 bridgehead atoms. The highest BCUT2D eigenvalue weighted by Crippen LogP contribution is 2.40. The molecule has 29 heavy (non-hydrogen) atoms. The van der Waals surface area contributed by atoms with Crippen LogP contribution in [0.1, 0.15) is 30.5 Å². The van der Waals surface area contributed by atoms with Gasteiger partial charge in [-0.05, 0) is 41.0 Å². The molecule has 1 amide bonds. The predicted octanol–water partition coefficient (Wildman–Crippen LogP) is 3.58. The molecule has 0 radical (unpaired) electrons. The summed E-state index contributed by atoms with van der Waals surface area (Å²) in [5.74, 6) is 2.74. The zero-order valence-electron chi connectivity index (χ0n) is 18.0. The van der Waals surface area contributed by atoms with Crippen molar-refractivity contribution in [2.75, 3.05) is 35.0 Å². The van der Waals surface area contributed by atoms with Gasteiger partial charge in [-0.3, -0.25) is 4.79 Å². The molecule has 2 aromatic rings. The molecular weight excluding hydrogens is 370 g/mol. The summed E-state index contributed by atoms with van der Waals surface area (Å²) >= 11 is 0. The van der Waals surface area contributed by atoms with Crippen molar-refractivity contribution < 1.29 is 23.7 Å². The van der Waals surface area contributed by atoms with E-state index in [0.717, 1.165) is 11.1 Å². The lowest BCUT2D eigenvalue weighted by Crippen LogP contribution is -2.45. The van der Waals surface area contributed by atoms with Crippen molar-refractivity contribution in [2.24, 2.45) is 0 Å². The Morgan fingerprint density at radius 2 is 1.48 bits per heavy atom. The molecule has 1 aliphatic heterocycles. The fraction of sp³-hybridized carbons (Fsp3) is 0.435. The number of hydrogen-bond acceptors (Lipinski definition) is 5. The normalized spacial score (nSPS) is 14.8. The summed E-state index contributed by atoms with van der Waals surface area (Å²) in [6.07, 6.45) is 0.305. The first kappa shape index (κ1) is 20.8. The quantitative estimate of drug-likeness (QED) is 0.743. The van der Waals surface area contributed by atoms with Gasteiger partial charge in [-0.1, -0.05) is 19.9 Å². The summed E-state index contributed by atoms with van der Waals surface area (Å²) in [5.41, 5.74) is 2.97. The molecule has 0 fully saturated rings. The Balaban J connectivity index is 1.85. The van der Waals surface area contributed by atoms with Crippen LogP contribution >= 0.6 is 0 Å². The van der Waals surface area contributed by atoms with Gasteiger partial charge in [-0.25, -0.2) is 0 Å². The van der Waals surface area contributed by atoms with Crippen LogP contribution in [0.25, 0.3) is 0 Å². The molecule has 3 rings (SSSR count). The predicted molar refractivity (Wildman–Crippen MR) is 111 cm³/mol. The van der Waals surface area contributed by atoms with Crippen molar-refractivity contribution in [3.8, 4) is 23.0 Å². The number of carbonyl (C=O) groups excluding carboxylic acids is 1. The highest BCUT2D eigenvalue weighted by atomic mass is 16.5. The largest absolute Gasteiger partial charge is 0.493 e. The number of hydrogen-bond donors (Lipinski definition) is 0. The Kier molecular flexibility index (Phi) is 5.91. The molecule has 2 aromatic carbocycles. The zero-order valence-corrected chi connectivity index (χ0v) is 18.0. The van der Waals surface area contributed by atoms with E-state index in [4.69, 9.17) is 18.9 Å². The molecule has 0 saturated heterocycles. The van der Waals surface area contributed by atoms with E-state index in [0.29, 0.717) is 42.5 Å². The maximum atomic E-state index is 13.1. The molecule has 156 valence electrons. The maximum absolute atomic E-state index is 13.1. The van der Waals surface area contributed by atoms with E-state index in [1.807, 2.05) is 35.2 Å². The van der Waals surface area contributed by atoms with E-state index in [1.165, 1.54) is 5.56 Å². The molecule has 6 nitrogen and oxygen atoms in total. The summed E-state index contributed by atoms with van der Waals surface area (Å²) in [5, 5.41) is 0. The van der Waals surface area contributed by atoms with E-state index in [2.05, 4.69) is 13.8 Å². The molecule has 6 heteroatoms. The average Bonchev–Trinajstić information content (AvgIpc) is 2.72. The van der Waals surface area contributed by atoms with Gasteiger partial charge in [0, 0.05) is 18.5 Å². The topological polar surface area (TPSA) is 57.2 Å². The van der Waals surface area contributed by atoms with Crippen LogP contribution in [0.3, 0.4) is 0 Å². The molecule has 1 heterocycles. The fourth-order valence-corrected chi connectivity index (χ4v) is 3.96. The van der Waals surface area contributed by atoms with Crippen molar-refractivity contribution in [1.82, 2.24) is 4.90 Å². The van der Waals surface area contributed by atoms with Gasteiger partial charge in [0.1, 0.15) is 0 Å². The van der Waals surface area contributed by atoms with Gasteiger partial charge in [-0.15, -0.1) is 0 Å². The second kappa shape index (κ2) is 8.23. The lowest BCUT2D eigenvalue weighted by Gasteiger charge is -2.40. The third-order valence-corrected chi connectivity index (χ3v) is 5.44. The van der Waals surface area contributed by atoms with Crippen molar-refractivity contribution in [3.63, 3.8) is 0 Å².